The number of carbonyl (C=O) groups excluding carboxylic acids is 1. The molecule has 1 saturated heterocycles. The maximum atomic E-state index is 11.0. The first-order chi connectivity index (χ1) is 5.91. The molecule has 0 spiro atoms. The van der Waals surface area contributed by atoms with Gasteiger partial charge in [0.05, 0.1) is 6.54 Å². The molecule has 4 nitrogen and oxygen atoms in total. The van der Waals surface area contributed by atoms with Crippen molar-refractivity contribution in [2.24, 2.45) is 5.41 Å². The molecule has 1 aliphatic rings. The summed E-state index contributed by atoms with van der Waals surface area (Å²) in [6.45, 7) is 7.55. The maximum absolute atomic E-state index is 11.0. The van der Waals surface area contributed by atoms with Crippen molar-refractivity contribution in [3.8, 4) is 0 Å². The number of amides is 1. The van der Waals surface area contributed by atoms with Crippen LogP contribution in [0, 0.1) is 5.41 Å². The van der Waals surface area contributed by atoms with Gasteiger partial charge in [0.25, 0.3) is 0 Å². The first-order valence-corrected chi connectivity index (χ1v) is 4.60. The van der Waals surface area contributed by atoms with E-state index in [-0.39, 0.29) is 11.3 Å². The number of piperazine rings is 1. The normalized spacial score (nSPS) is 22.6. The third kappa shape index (κ3) is 2.67. The Morgan fingerprint density at radius 1 is 1.54 bits per heavy atom. The van der Waals surface area contributed by atoms with Crippen LogP contribution >= 0.6 is 0 Å². The zero-order chi connectivity index (χ0) is 10.1. The van der Waals surface area contributed by atoms with Gasteiger partial charge in [-0.15, -0.1) is 0 Å². The average Bonchev–Trinajstić information content (AvgIpc) is 2.01. The van der Waals surface area contributed by atoms with Crippen LogP contribution in [0.5, 0.6) is 0 Å². The second-order valence-corrected chi connectivity index (χ2v) is 4.56. The standard InChI is InChI=1S/C9H18N2O2/c1-9(2,3)8(13)11-5-4-10-7(12)6-11/h8,13H,4-6H2,1-3H3,(H,10,12). The predicted molar refractivity (Wildman–Crippen MR) is 50.0 cm³/mol. The molecule has 1 aliphatic heterocycles. The van der Waals surface area contributed by atoms with E-state index in [0.29, 0.717) is 13.1 Å². The number of hydrogen-bond acceptors (Lipinski definition) is 3. The first kappa shape index (κ1) is 10.5. The quantitative estimate of drug-likeness (QED) is 0.595. The van der Waals surface area contributed by atoms with Gasteiger partial charge in [-0.1, -0.05) is 20.8 Å². The molecule has 1 rings (SSSR count). The molecule has 1 heterocycles. The summed E-state index contributed by atoms with van der Waals surface area (Å²) in [5, 5.41) is 12.6. The number of carbonyl (C=O) groups is 1. The summed E-state index contributed by atoms with van der Waals surface area (Å²) in [7, 11) is 0. The third-order valence-corrected chi connectivity index (χ3v) is 2.19. The highest BCUT2D eigenvalue weighted by Crippen LogP contribution is 2.22. The van der Waals surface area contributed by atoms with Gasteiger partial charge in [0.15, 0.2) is 0 Å². The SMILES string of the molecule is CC(C)(C)C(O)N1CCNC(=O)C1. The van der Waals surface area contributed by atoms with E-state index in [0.717, 1.165) is 6.54 Å². The van der Waals surface area contributed by atoms with Crippen LogP contribution in [0.2, 0.25) is 0 Å². The highest BCUT2D eigenvalue weighted by molar-refractivity contribution is 5.78. The van der Waals surface area contributed by atoms with Crippen molar-refractivity contribution in [1.82, 2.24) is 10.2 Å². The Morgan fingerprint density at radius 2 is 2.15 bits per heavy atom. The van der Waals surface area contributed by atoms with Crippen molar-refractivity contribution >= 4 is 5.91 Å². The molecule has 1 amide bonds. The summed E-state index contributed by atoms with van der Waals surface area (Å²) < 4.78 is 0. The monoisotopic (exact) mass is 186 g/mol. The fourth-order valence-corrected chi connectivity index (χ4v) is 1.41. The zero-order valence-corrected chi connectivity index (χ0v) is 8.50. The van der Waals surface area contributed by atoms with Gasteiger partial charge >= 0.3 is 0 Å². The van der Waals surface area contributed by atoms with Crippen LogP contribution in [0.4, 0.5) is 0 Å². The predicted octanol–water partition coefficient (Wildman–Crippen LogP) is -0.217. The molecule has 1 unspecified atom stereocenters. The Labute approximate surface area is 78.9 Å². The van der Waals surface area contributed by atoms with Gasteiger partial charge in [-0.05, 0) is 0 Å². The van der Waals surface area contributed by atoms with E-state index in [1.165, 1.54) is 0 Å². The smallest absolute Gasteiger partial charge is 0.234 e. The summed E-state index contributed by atoms with van der Waals surface area (Å²) >= 11 is 0. The Balaban J connectivity index is 2.56. The molecule has 0 radical (unpaired) electrons. The summed E-state index contributed by atoms with van der Waals surface area (Å²) in [5.41, 5.74) is -0.197. The van der Waals surface area contributed by atoms with E-state index in [1.54, 1.807) is 4.90 Å². The summed E-state index contributed by atoms with van der Waals surface area (Å²) in [6.07, 6.45) is -0.543. The van der Waals surface area contributed by atoms with Crippen LogP contribution in [0.25, 0.3) is 0 Å². The van der Waals surface area contributed by atoms with Crippen LogP contribution < -0.4 is 5.32 Å². The number of rotatable bonds is 1. The highest BCUT2D eigenvalue weighted by atomic mass is 16.3. The van der Waals surface area contributed by atoms with Crippen LogP contribution in [0.3, 0.4) is 0 Å². The molecular weight excluding hydrogens is 168 g/mol. The van der Waals surface area contributed by atoms with E-state index in [2.05, 4.69) is 5.32 Å². The molecule has 1 atom stereocenters. The zero-order valence-electron chi connectivity index (χ0n) is 8.50. The molecule has 0 bridgehead atoms. The Morgan fingerprint density at radius 3 is 2.62 bits per heavy atom. The fraction of sp³-hybridized carbons (Fsp3) is 0.889. The van der Waals surface area contributed by atoms with Gasteiger partial charge in [-0.2, -0.15) is 0 Å². The van der Waals surface area contributed by atoms with Gasteiger partial charge < -0.3 is 10.4 Å². The molecule has 2 N–H and O–H groups in total. The number of nitrogens with one attached hydrogen (secondary N) is 1. The molecule has 4 heteroatoms. The van der Waals surface area contributed by atoms with Gasteiger partial charge in [-0.3, -0.25) is 9.69 Å². The lowest BCUT2D eigenvalue weighted by Gasteiger charge is -2.37. The Bertz CT molecular complexity index is 198. The minimum atomic E-state index is -0.543. The van der Waals surface area contributed by atoms with E-state index in [9.17, 15) is 9.90 Å². The average molecular weight is 186 g/mol. The molecule has 76 valence electrons. The lowest BCUT2D eigenvalue weighted by Crippen LogP contribution is -2.55. The lowest BCUT2D eigenvalue weighted by atomic mass is 9.93. The van der Waals surface area contributed by atoms with Crippen molar-refractivity contribution in [2.75, 3.05) is 19.6 Å². The fourth-order valence-electron chi connectivity index (χ4n) is 1.41. The minimum absolute atomic E-state index is 0.00505. The number of aliphatic hydroxyl groups excluding tert-OH is 1. The van der Waals surface area contributed by atoms with E-state index < -0.39 is 6.23 Å². The Kier molecular flexibility index (Phi) is 2.93. The Hall–Kier alpha value is -0.610. The maximum Gasteiger partial charge on any atom is 0.234 e. The summed E-state index contributed by atoms with van der Waals surface area (Å²) in [6, 6.07) is 0. The summed E-state index contributed by atoms with van der Waals surface area (Å²) in [4.78, 5) is 12.8. The molecule has 0 aromatic heterocycles. The van der Waals surface area contributed by atoms with E-state index in [1.807, 2.05) is 20.8 Å². The second-order valence-electron chi connectivity index (χ2n) is 4.56. The lowest BCUT2D eigenvalue weighted by molar-refractivity contribution is -0.133. The van der Waals surface area contributed by atoms with Gasteiger partial charge in [0, 0.05) is 18.5 Å². The van der Waals surface area contributed by atoms with Crippen LogP contribution in [0.15, 0.2) is 0 Å². The summed E-state index contributed by atoms with van der Waals surface area (Å²) in [5.74, 6) is -0.00505. The molecule has 0 aromatic rings. The van der Waals surface area contributed by atoms with Gasteiger partial charge in [0.1, 0.15) is 6.23 Å². The molecule has 0 saturated carbocycles. The van der Waals surface area contributed by atoms with E-state index >= 15 is 0 Å². The van der Waals surface area contributed by atoms with Gasteiger partial charge in [-0.25, -0.2) is 0 Å². The van der Waals surface area contributed by atoms with Crippen molar-refractivity contribution in [3.63, 3.8) is 0 Å². The minimum Gasteiger partial charge on any atom is -0.378 e. The second kappa shape index (κ2) is 3.64. The molecule has 0 aromatic carbocycles. The first-order valence-electron chi connectivity index (χ1n) is 4.60. The molecule has 13 heavy (non-hydrogen) atoms. The van der Waals surface area contributed by atoms with Crippen molar-refractivity contribution in [2.45, 2.75) is 27.0 Å². The largest absolute Gasteiger partial charge is 0.378 e. The van der Waals surface area contributed by atoms with E-state index in [4.69, 9.17) is 0 Å². The van der Waals surface area contributed by atoms with Crippen LogP contribution in [-0.2, 0) is 4.79 Å². The van der Waals surface area contributed by atoms with Gasteiger partial charge in [0.2, 0.25) is 5.91 Å². The van der Waals surface area contributed by atoms with Crippen molar-refractivity contribution < 1.29 is 9.90 Å². The number of hydrogen-bond donors (Lipinski definition) is 2. The topological polar surface area (TPSA) is 52.6 Å². The van der Waals surface area contributed by atoms with Crippen LogP contribution in [-0.4, -0.2) is 41.8 Å². The number of nitrogens with zero attached hydrogens (tertiary/aromatic N) is 1. The number of aliphatic hydroxyl groups is 1. The van der Waals surface area contributed by atoms with Crippen molar-refractivity contribution in [3.05, 3.63) is 0 Å². The van der Waals surface area contributed by atoms with Crippen molar-refractivity contribution in [1.29, 1.82) is 0 Å². The third-order valence-electron chi connectivity index (χ3n) is 2.19. The highest BCUT2D eigenvalue weighted by Gasteiger charge is 2.30. The molecule has 1 fully saturated rings. The molecular formula is C9H18N2O2. The molecule has 0 aliphatic carbocycles. The van der Waals surface area contributed by atoms with Crippen LogP contribution in [0.1, 0.15) is 20.8 Å².